The van der Waals surface area contributed by atoms with Crippen LogP contribution in [-0.2, 0) is 16.0 Å². The first-order valence-electron chi connectivity index (χ1n) is 6.72. The Morgan fingerprint density at radius 2 is 2.26 bits per heavy atom. The van der Waals surface area contributed by atoms with Gasteiger partial charge in [-0.25, -0.2) is 4.79 Å². The van der Waals surface area contributed by atoms with Gasteiger partial charge in [0.1, 0.15) is 0 Å². The minimum absolute atomic E-state index is 0.274. The fraction of sp³-hybridized carbons (Fsp3) is 0.438. The van der Waals surface area contributed by atoms with Crippen molar-refractivity contribution in [2.75, 3.05) is 18.5 Å². The summed E-state index contributed by atoms with van der Waals surface area (Å²) in [6, 6.07) is 6.23. The number of carbonyl (C=O) groups excluding carboxylic acids is 1. The molecule has 0 spiro atoms. The maximum Gasteiger partial charge on any atom is 0.330 e. The Morgan fingerprint density at radius 1 is 1.47 bits per heavy atom. The normalized spacial score (nSPS) is 16.8. The molecule has 0 aromatic heterocycles. The number of carbonyl (C=O) groups is 1. The molecular formula is C16H21NO2. The molecule has 0 bridgehead atoms. The Bertz CT molecular complexity index is 503. The van der Waals surface area contributed by atoms with E-state index in [1.54, 1.807) is 13.0 Å². The molecule has 1 aliphatic rings. The van der Waals surface area contributed by atoms with Crippen LogP contribution in [0.4, 0.5) is 5.69 Å². The summed E-state index contributed by atoms with van der Waals surface area (Å²) in [5, 5.41) is 3.45. The minimum Gasteiger partial charge on any atom is -0.463 e. The highest BCUT2D eigenvalue weighted by Gasteiger charge is 2.24. The first kappa shape index (κ1) is 13.7. The molecule has 1 aromatic rings. The van der Waals surface area contributed by atoms with Crippen molar-refractivity contribution >= 4 is 17.7 Å². The van der Waals surface area contributed by atoms with Gasteiger partial charge in [-0.05, 0) is 48.1 Å². The summed E-state index contributed by atoms with van der Waals surface area (Å²) in [6.07, 6.45) is 4.34. The lowest BCUT2D eigenvalue weighted by Gasteiger charge is -2.32. The molecule has 19 heavy (non-hydrogen) atoms. The van der Waals surface area contributed by atoms with Gasteiger partial charge in [-0.3, -0.25) is 0 Å². The van der Waals surface area contributed by atoms with Crippen molar-refractivity contribution < 1.29 is 9.53 Å². The van der Waals surface area contributed by atoms with E-state index in [4.69, 9.17) is 4.74 Å². The standard InChI is InChI=1S/C16H21NO2/c1-4-19-15(18)8-6-12-5-7-14-13(9-12)10-16(2,3)11-17-14/h5-9,17H,4,10-11H2,1-3H3. The number of nitrogens with one attached hydrogen (secondary N) is 1. The summed E-state index contributed by atoms with van der Waals surface area (Å²) in [5.41, 5.74) is 3.82. The molecule has 1 heterocycles. The highest BCUT2D eigenvalue weighted by molar-refractivity contribution is 5.87. The Labute approximate surface area is 114 Å². The second-order valence-electron chi connectivity index (χ2n) is 5.70. The monoisotopic (exact) mass is 259 g/mol. The Morgan fingerprint density at radius 3 is 3.00 bits per heavy atom. The predicted molar refractivity (Wildman–Crippen MR) is 78.1 cm³/mol. The maximum absolute atomic E-state index is 11.3. The first-order valence-corrected chi connectivity index (χ1v) is 6.72. The summed E-state index contributed by atoms with van der Waals surface area (Å²) in [5.74, 6) is -0.293. The largest absolute Gasteiger partial charge is 0.463 e. The van der Waals surface area contributed by atoms with E-state index in [0.717, 1.165) is 18.5 Å². The van der Waals surface area contributed by atoms with Gasteiger partial charge in [-0.1, -0.05) is 19.9 Å². The molecule has 1 aliphatic heterocycles. The van der Waals surface area contributed by atoms with Crippen LogP contribution in [0.2, 0.25) is 0 Å². The van der Waals surface area contributed by atoms with Gasteiger partial charge in [-0.2, -0.15) is 0 Å². The topological polar surface area (TPSA) is 38.3 Å². The Kier molecular flexibility index (Phi) is 3.93. The van der Waals surface area contributed by atoms with Crippen LogP contribution in [0.5, 0.6) is 0 Å². The molecule has 0 radical (unpaired) electrons. The summed E-state index contributed by atoms with van der Waals surface area (Å²) in [6.45, 7) is 7.72. The molecule has 0 amide bonds. The van der Waals surface area contributed by atoms with Crippen molar-refractivity contribution in [3.63, 3.8) is 0 Å². The summed E-state index contributed by atoms with van der Waals surface area (Å²) >= 11 is 0. The number of esters is 1. The van der Waals surface area contributed by atoms with Crippen LogP contribution in [0.15, 0.2) is 24.3 Å². The number of anilines is 1. The van der Waals surface area contributed by atoms with Gasteiger partial charge in [0.15, 0.2) is 0 Å². The molecule has 0 saturated heterocycles. The van der Waals surface area contributed by atoms with Gasteiger partial charge in [0, 0.05) is 18.3 Å². The highest BCUT2D eigenvalue weighted by atomic mass is 16.5. The molecule has 1 aromatic carbocycles. The highest BCUT2D eigenvalue weighted by Crippen LogP contribution is 2.32. The smallest absolute Gasteiger partial charge is 0.330 e. The van der Waals surface area contributed by atoms with Gasteiger partial charge in [0.2, 0.25) is 0 Å². The molecule has 1 N–H and O–H groups in total. The predicted octanol–water partition coefficient (Wildman–Crippen LogP) is 3.26. The van der Waals surface area contributed by atoms with Crippen LogP contribution in [0.3, 0.4) is 0 Å². The summed E-state index contributed by atoms with van der Waals surface area (Å²) in [4.78, 5) is 11.3. The van der Waals surface area contributed by atoms with Crippen LogP contribution in [0, 0.1) is 5.41 Å². The lowest BCUT2D eigenvalue weighted by molar-refractivity contribution is -0.137. The van der Waals surface area contributed by atoms with Crippen molar-refractivity contribution in [1.82, 2.24) is 0 Å². The average Bonchev–Trinajstić information content (AvgIpc) is 2.35. The van der Waals surface area contributed by atoms with Gasteiger partial charge < -0.3 is 10.1 Å². The first-order chi connectivity index (χ1) is 9.00. The van der Waals surface area contributed by atoms with Crippen LogP contribution in [0.25, 0.3) is 6.08 Å². The number of fused-ring (bicyclic) bond motifs is 1. The fourth-order valence-corrected chi connectivity index (χ4v) is 2.30. The third kappa shape index (κ3) is 3.60. The molecular weight excluding hydrogens is 238 g/mol. The SMILES string of the molecule is CCOC(=O)C=Cc1ccc2c(c1)CC(C)(C)CN2. The number of benzene rings is 1. The van der Waals surface area contributed by atoms with Gasteiger partial charge in [-0.15, -0.1) is 0 Å². The van der Waals surface area contributed by atoms with E-state index in [9.17, 15) is 4.79 Å². The molecule has 0 aliphatic carbocycles. The van der Waals surface area contributed by atoms with Crippen molar-refractivity contribution in [3.05, 3.63) is 35.4 Å². The molecule has 0 unspecified atom stereocenters. The van der Waals surface area contributed by atoms with E-state index in [1.165, 1.54) is 17.3 Å². The Balaban J connectivity index is 2.15. The van der Waals surface area contributed by atoms with E-state index in [1.807, 2.05) is 6.07 Å². The third-order valence-corrected chi connectivity index (χ3v) is 3.25. The maximum atomic E-state index is 11.3. The van der Waals surface area contributed by atoms with E-state index in [0.29, 0.717) is 6.61 Å². The van der Waals surface area contributed by atoms with E-state index < -0.39 is 0 Å². The van der Waals surface area contributed by atoms with Gasteiger partial charge in [0.05, 0.1) is 6.61 Å². The Hall–Kier alpha value is -1.77. The van der Waals surface area contributed by atoms with E-state index in [2.05, 4.69) is 31.3 Å². The van der Waals surface area contributed by atoms with E-state index in [-0.39, 0.29) is 11.4 Å². The van der Waals surface area contributed by atoms with Crippen molar-refractivity contribution in [3.8, 4) is 0 Å². The molecule has 0 atom stereocenters. The van der Waals surface area contributed by atoms with Crippen LogP contribution < -0.4 is 5.32 Å². The van der Waals surface area contributed by atoms with Gasteiger partial charge in [0.25, 0.3) is 0 Å². The molecule has 0 fully saturated rings. The lowest BCUT2D eigenvalue weighted by atomic mass is 9.82. The molecule has 102 valence electrons. The lowest BCUT2D eigenvalue weighted by Crippen LogP contribution is -2.30. The van der Waals surface area contributed by atoms with Crippen LogP contribution in [0.1, 0.15) is 31.9 Å². The second-order valence-corrected chi connectivity index (χ2v) is 5.70. The van der Waals surface area contributed by atoms with Crippen LogP contribution >= 0.6 is 0 Å². The quantitative estimate of drug-likeness (QED) is 0.669. The number of hydrogen-bond donors (Lipinski definition) is 1. The number of hydrogen-bond acceptors (Lipinski definition) is 3. The second kappa shape index (κ2) is 5.47. The van der Waals surface area contributed by atoms with Crippen LogP contribution in [-0.4, -0.2) is 19.1 Å². The molecule has 2 rings (SSSR count). The van der Waals surface area contributed by atoms with Crippen molar-refractivity contribution in [2.24, 2.45) is 5.41 Å². The van der Waals surface area contributed by atoms with Gasteiger partial charge >= 0.3 is 5.97 Å². The number of rotatable bonds is 3. The molecule has 3 heteroatoms. The molecule has 0 saturated carbocycles. The average molecular weight is 259 g/mol. The minimum atomic E-state index is -0.293. The molecule has 3 nitrogen and oxygen atoms in total. The van der Waals surface area contributed by atoms with E-state index >= 15 is 0 Å². The zero-order valence-electron chi connectivity index (χ0n) is 11.8. The number of ether oxygens (including phenoxy) is 1. The fourth-order valence-electron chi connectivity index (χ4n) is 2.30. The van der Waals surface area contributed by atoms with Crippen molar-refractivity contribution in [2.45, 2.75) is 27.2 Å². The third-order valence-electron chi connectivity index (χ3n) is 3.25. The summed E-state index contributed by atoms with van der Waals surface area (Å²) < 4.78 is 4.87. The zero-order valence-corrected chi connectivity index (χ0v) is 11.8. The van der Waals surface area contributed by atoms with Crippen molar-refractivity contribution in [1.29, 1.82) is 0 Å². The zero-order chi connectivity index (χ0) is 13.9. The summed E-state index contributed by atoms with van der Waals surface area (Å²) in [7, 11) is 0.